The number of nitrogen functional groups attached to an aromatic ring is 1. The molecule has 0 aliphatic heterocycles. The standard InChI is InChI=1S/C13H18N4O3/c1-7(18)4-3-5-17-12-9(6-15-17)11(14)10(13(19)20)8(2)16-12/h6-7,18H,3-5H2,1-2H3,(H2,14,16)(H,19,20). The second-order valence-corrected chi connectivity index (χ2v) is 4.89. The number of aliphatic hydroxyl groups excluding tert-OH is 1. The molecule has 2 aromatic rings. The van der Waals surface area contributed by atoms with Crippen LogP contribution in [-0.4, -0.2) is 37.1 Å². The van der Waals surface area contributed by atoms with Crippen LogP contribution in [0.5, 0.6) is 0 Å². The fraction of sp³-hybridized carbons (Fsp3) is 0.462. The average molecular weight is 278 g/mol. The molecule has 20 heavy (non-hydrogen) atoms. The average Bonchev–Trinajstić information content (AvgIpc) is 2.71. The van der Waals surface area contributed by atoms with Gasteiger partial charge in [-0.1, -0.05) is 0 Å². The third-order valence-corrected chi connectivity index (χ3v) is 3.21. The first-order valence-corrected chi connectivity index (χ1v) is 6.44. The van der Waals surface area contributed by atoms with E-state index in [9.17, 15) is 9.90 Å². The van der Waals surface area contributed by atoms with Crippen LogP contribution in [0.15, 0.2) is 6.20 Å². The number of aromatic carboxylic acids is 1. The van der Waals surface area contributed by atoms with Gasteiger partial charge in [0.25, 0.3) is 0 Å². The van der Waals surface area contributed by atoms with E-state index in [-0.39, 0.29) is 17.4 Å². The van der Waals surface area contributed by atoms with Crippen molar-refractivity contribution in [3.63, 3.8) is 0 Å². The Morgan fingerprint density at radius 1 is 1.55 bits per heavy atom. The van der Waals surface area contributed by atoms with Crippen molar-refractivity contribution < 1.29 is 15.0 Å². The molecule has 0 fully saturated rings. The van der Waals surface area contributed by atoms with Crippen LogP contribution in [0, 0.1) is 6.92 Å². The van der Waals surface area contributed by atoms with Gasteiger partial charge in [0.05, 0.1) is 29.1 Å². The molecule has 2 rings (SSSR count). The minimum atomic E-state index is -1.09. The number of rotatable bonds is 5. The highest BCUT2D eigenvalue weighted by Crippen LogP contribution is 2.25. The molecule has 0 saturated carbocycles. The number of carbonyl (C=O) groups is 1. The van der Waals surface area contributed by atoms with Crippen LogP contribution in [0.4, 0.5) is 5.69 Å². The molecule has 108 valence electrons. The lowest BCUT2D eigenvalue weighted by Gasteiger charge is -2.08. The molecule has 0 saturated heterocycles. The summed E-state index contributed by atoms with van der Waals surface area (Å²) in [6, 6.07) is 0. The first-order chi connectivity index (χ1) is 9.41. The molecular weight excluding hydrogens is 260 g/mol. The Labute approximate surface area is 116 Å². The number of pyridine rings is 1. The van der Waals surface area contributed by atoms with E-state index in [0.717, 1.165) is 6.42 Å². The first-order valence-electron chi connectivity index (χ1n) is 6.44. The van der Waals surface area contributed by atoms with E-state index < -0.39 is 5.97 Å². The maximum absolute atomic E-state index is 11.2. The SMILES string of the molecule is Cc1nc2c(cnn2CCCC(C)O)c(N)c1C(=O)O. The fourth-order valence-electron chi connectivity index (χ4n) is 2.20. The number of carboxylic acids is 1. The number of hydrogen-bond acceptors (Lipinski definition) is 5. The highest BCUT2D eigenvalue weighted by atomic mass is 16.4. The molecule has 0 aliphatic rings. The van der Waals surface area contributed by atoms with Gasteiger partial charge in [0, 0.05) is 6.54 Å². The summed E-state index contributed by atoms with van der Waals surface area (Å²) in [4.78, 5) is 15.5. The zero-order valence-corrected chi connectivity index (χ0v) is 11.5. The molecule has 0 aromatic carbocycles. The van der Waals surface area contributed by atoms with E-state index in [1.807, 2.05) is 0 Å². The van der Waals surface area contributed by atoms with Crippen molar-refractivity contribution in [1.82, 2.24) is 14.8 Å². The maximum atomic E-state index is 11.2. The van der Waals surface area contributed by atoms with E-state index in [2.05, 4.69) is 10.1 Å². The highest BCUT2D eigenvalue weighted by Gasteiger charge is 2.18. The Bertz CT molecular complexity index is 649. The molecule has 0 bridgehead atoms. The van der Waals surface area contributed by atoms with Gasteiger partial charge in [0.15, 0.2) is 5.65 Å². The quantitative estimate of drug-likeness (QED) is 0.756. The fourth-order valence-corrected chi connectivity index (χ4v) is 2.20. The Hall–Kier alpha value is -2.15. The lowest BCUT2D eigenvalue weighted by atomic mass is 10.1. The van der Waals surface area contributed by atoms with Crippen LogP contribution in [0.3, 0.4) is 0 Å². The number of nitrogens with zero attached hydrogens (tertiary/aromatic N) is 3. The molecule has 0 radical (unpaired) electrons. The molecule has 7 nitrogen and oxygen atoms in total. The Morgan fingerprint density at radius 3 is 2.85 bits per heavy atom. The smallest absolute Gasteiger partial charge is 0.339 e. The number of fused-ring (bicyclic) bond motifs is 1. The molecule has 0 aliphatic carbocycles. The van der Waals surface area contributed by atoms with Gasteiger partial charge in [-0.05, 0) is 26.7 Å². The normalized spacial score (nSPS) is 12.8. The van der Waals surface area contributed by atoms with E-state index in [4.69, 9.17) is 10.8 Å². The summed E-state index contributed by atoms with van der Waals surface area (Å²) in [6.07, 6.45) is 2.61. The van der Waals surface area contributed by atoms with Crippen molar-refractivity contribution in [3.8, 4) is 0 Å². The van der Waals surface area contributed by atoms with Crippen LogP contribution < -0.4 is 5.73 Å². The number of hydrogen-bond donors (Lipinski definition) is 3. The van der Waals surface area contributed by atoms with Crippen molar-refractivity contribution in [2.45, 2.75) is 39.3 Å². The number of nitrogens with two attached hydrogens (primary N) is 1. The summed E-state index contributed by atoms with van der Waals surface area (Å²) in [6.45, 7) is 3.96. The topological polar surface area (TPSA) is 114 Å². The van der Waals surface area contributed by atoms with Gasteiger partial charge in [-0.15, -0.1) is 0 Å². The Morgan fingerprint density at radius 2 is 2.25 bits per heavy atom. The number of aryl methyl sites for hydroxylation is 2. The second-order valence-electron chi connectivity index (χ2n) is 4.89. The molecular formula is C13H18N4O3. The highest BCUT2D eigenvalue weighted by molar-refractivity contribution is 6.03. The molecule has 2 heterocycles. The van der Waals surface area contributed by atoms with Gasteiger partial charge in [-0.2, -0.15) is 5.10 Å². The Balaban J connectivity index is 2.39. The number of carboxylic acid groups (broad SMARTS) is 1. The summed E-state index contributed by atoms with van der Waals surface area (Å²) in [5, 5.41) is 23.1. The number of anilines is 1. The van der Waals surface area contributed by atoms with E-state index >= 15 is 0 Å². The zero-order valence-electron chi connectivity index (χ0n) is 11.5. The summed E-state index contributed by atoms with van der Waals surface area (Å²) in [7, 11) is 0. The van der Waals surface area contributed by atoms with Gasteiger partial charge < -0.3 is 15.9 Å². The maximum Gasteiger partial charge on any atom is 0.339 e. The minimum Gasteiger partial charge on any atom is -0.478 e. The Kier molecular flexibility index (Phi) is 3.89. The molecule has 1 atom stereocenters. The van der Waals surface area contributed by atoms with Gasteiger partial charge in [0.2, 0.25) is 0 Å². The van der Waals surface area contributed by atoms with Crippen molar-refractivity contribution in [1.29, 1.82) is 0 Å². The third kappa shape index (κ3) is 2.57. The van der Waals surface area contributed by atoms with Crippen molar-refractivity contribution in [2.24, 2.45) is 0 Å². The first kappa shape index (κ1) is 14.3. The number of aromatic nitrogens is 3. The van der Waals surface area contributed by atoms with Crippen molar-refractivity contribution in [2.75, 3.05) is 5.73 Å². The van der Waals surface area contributed by atoms with E-state index in [1.54, 1.807) is 18.5 Å². The third-order valence-electron chi connectivity index (χ3n) is 3.21. The van der Waals surface area contributed by atoms with Crippen LogP contribution in [0.2, 0.25) is 0 Å². The molecule has 1 unspecified atom stereocenters. The lowest BCUT2D eigenvalue weighted by Crippen LogP contribution is -2.09. The van der Waals surface area contributed by atoms with E-state index in [1.165, 1.54) is 6.20 Å². The summed E-state index contributed by atoms with van der Waals surface area (Å²) in [5.74, 6) is -1.09. The molecule has 7 heteroatoms. The van der Waals surface area contributed by atoms with Gasteiger partial charge in [0.1, 0.15) is 5.56 Å². The van der Waals surface area contributed by atoms with Gasteiger partial charge in [-0.3, -0.25) is 0 Å². The largest absolute Gasteiger partial charge is 0.478 e. The summed E-state index contributed by atoms with van der Waals surface area (Å²) >= 11 is 0. The summed E-state index contributed by atoms with van der Waals surface area (Å²) in [5.41, 5.74) is 7.08. The summed E-state index contributed by atoms with van der Waals surface area (Å²) < 4.78 is 1.69. The minimum absolute atomic E-state index is 0.0287. The van der Waals surface area contributed by atoms with Crippen LogP contribution in [0.25, 0.3) is 11.0 Å². The van der Waals surface area contributed by atoms with Crippen molar-refractivity contribution in [3.05, 3.63) is 17.5 Å². The monoisotopic (exact) mass is 278 g/mol. The molecule has 2 aromatic heterocycles. The van der Waals surface area contributed by atoms with Gasteiger partial charge in [-0.25, -0.2) is 14.5 Å². The zero-order chi connectivity index (χ0) is 14.9. The second kappa shape index (κ2) is 5.46. The van der Waals surface area contributed by atoms with Crippen molar-refractivity contribution >= 4 is 22.7 Å². The van der Waals surface area contributed by atoms with Crippen LogP contribution in [0.1, 0.15) is 35.8 Å². The molecule has 4 N–H and O–H groups in total. The van der Waals surface area contributed by atoms with Crippen LogP contribution >= 0.6 is 0 Å². The number of aliphatic hydroxyl groups is 1. The predicted molar refractivity (Wildman–Crippen MR) is 74.6 cm³/mol. The molecule has 0 amide bonds. The predicted octanol–water partition coefficient (Wildman–Crippen LogP) is 1.18. The van der Waals surface area contributed by atoms with E-state index in [0.29, 0.717) is 29.7 Å². The lowest BCUT2D eigenvalue weighted by molar-refractivity contribution is 0.0697. The van der Waals surface area contributed by atoms with Gasteiger partial charge >= 0.3 is 5.97 Å². The van der Waals surface area contributed by atoms with Crippen LogP contribution in [-0.2, 0) is 6.54 Å². The molecule has 0 spiro atoms.